The Hall–Kier alpha value is -1.30. The number of hydrogen-bond acceptors (Lipinski definition) is 5. The summed E-state index contributed by atoms with van der Waals surface area (Å²) in [5.74, 6) is 0.974. The topological polar surface area (TPSA) is 49.7 Å². The highest BCUT2D eigenvalue weighted by molar-refractivity contribution is 8.18. The Morgan fingerprint density at radius 2 is 0.806 bits per heavy atom. The highest BCUT2D eigenvalue weighted by Crippen LogP contribution is 2.51. The van der Waals surface area contributed by atoms with Gasteiger partial charge in [0.2, 0.25) is 0 Å². The molecule has 202 valence electrons. The Morgan fingerprint density at radius 3 is 1.06 bits per heavy atom. The Morgan fingerprint density at radius 1 is 0.528 bits per heavy atom. The molecular formula is C31H48O3S2. The largest absolute Gasteiger partial charge is 0.507 e. The molecule has 0 aliphatic heterocycles. The maximum Gasteiger partial charge on any atom is 0.172 e. The molecule has 0 radical (unpaired) electrons. The minimum absolute atomic E-state index is 0.165. The van der Waals surface area contributed by atoms with Crippen molar-refractivity contribution in [1.82, 2.24) is 0 Å². The van der Waals surface area contributed by atoms with Crippen LogP contribution in [-0.2, 0) is 21.7 Å². The van der Waals surface area contributed by atoms with E-state index in [0.717, 1.165) is 32.0 Å². The van der Waals surface area contributed by atoms with E-state index in [9.17, 15) is 10.4 Å². The van der Waals surface area contributed by atoms with E-state index in [1.165, 1.54) is 0 Å². The maximum absolute atomic E-state index is 11.1. The fraction of sp³-hybridized carbons (Fsp3) is 0.613. The normalized spacial score (nSPS) is 13.8. The first-order chi connectivity index (χ1) is 16.0. The monoisotopic (exact) mass is 532 g/mol. The van der Waals surface area contributed by atoms with Crippen molar-refractivity contribution >= 4 is 23.5 Å². The van der Waals surface area contributed by atoms with Gasteiger partial charge in [0.15, 0.2) is 5.75 Å². The van der Waals surface area contributed by atoms with Gasteiger partial charge in [-0.1, -0.05) is 83.1 Å². The molecule has 0 unspecified atom stereocenters. The summed E-state index contributed by atoms with van der Waals surface area (Å²) >= 11 is 3.63. The zero-order valence-electron chi connectivity index (χ0n) is 24.9. The van der Waals surface area contributed by atoms with Gasteiger partial charge in [0.05, 0.1) is 4.08 Å². The van der Waals surface area contributed by atoms with Crippen LogP contribution in [0.3, 0.4) is 0 Å². The Labute approximate surface area is 228 Å². The first-order valence-electron chi connectivity index (χ1n) is 12.7. The highest BCUT2D eigenvalue weighted by atomic mass is 32.2. The summed E-state index contributed by atoms with van der Waals surface area (Å²) in [5.41, 5.74) is 3.24. The van der Waals surface area contributed by atoms with Crippen molar-refractivity contribution in [3.63, 3.8) is 0 Å². The van der Waals surface area contributed by atoms with E-state index in [0.29, 0.717) is 11.5 Å². The lowest BCUT2D eigenvalue weighted by Gasteiger charge is -2.31. The van der Waals surface area contributed by atoms with Gasteiger partial charge in [0, 0.05) is 32.0 Å². The smallest absolute Gasteiger partial charge is 0.172 e. The lowest BCUT2D eigenvalue weighted by atomic mass is 9.79. The number of hydrogen-bond donors (Lipinski definition) is 2. The number of benzene rings is 2. The molecule has 3 nitrogen and oxygen atoms in total. The first kappa shape index (κ1) is 30.9. The zero-order chi connectivity index (χ0) is 28.1. The second-order valence-corrected chi connectivity index (χ2v) is 18.1. The van der Waals surface area contributed by atoms with Gasteiger partial charge in [-0.3, -0.25) is 0 Å². The van der Waals surface area contributed by atoms with Gasteiger partial charge in [0.1, 0.15) is 5.75 Å². The van der Waals surface area contributed by atoms with E-state index < -0.39 is 0 Å². The van der Waals surface area contributed by atoms with Crippen LogP contribution in [0, 0.1) is 0 Å². The van der Waals surface area contributed by atoms with Crippen molar-refractivity contribution in [3.05, 3.63) is 46.5 Å². The molecule has 0 aliphatic rings. The second kappa shape index (κ2) is 10.1. The number of aromatic hydroxyl groups is 1. The molecule has 0 aliphatic carbocycles. The average molecular weight is 533 g/mol. The van der Waals surface area contributed by atoms with Crippen LogP contribution in [0.4, 0.5) is 0 Å². The van der Waals surface area contributed by atoms with Crippen molar-refractivity contribution in [1.29, 1.82) is 0 Å². The van der Waals surface area contributed by atoms with E-state index in [4.69, 9.17) is 4.89 Å². The molecule has 2 aromatic carbocycles. The fourth-order valence-electron chi connectivity index (χ4n) is 4.27. The summed E-state index contributed by atoms with van der Waals surface area (Å²) in [6.07, 6.45) is 0. The SMILES string of the molecule is CC(C)(Sc1cc(C(C)(C)C)c(O)c(C(C)(C)C)c1)Sc1cc(C(C)(C)C)c(OO)c(C(C)(C)C)c1. The van der Waals surface area contributed by atoms with Crippen molar-refractivity contribution in [2.24, 2.45) is 0 Å². The van der Waals surface area contributed by atoms with E-state index in [2.05, 4.69) is 121 Å². The van der Waals surface area contributed by atoms with Crippen molar-refractivity contribution < 1.29 is 15.3 Å². The van der Waals surface area contributed by atoms with E-state index >= 15 is 0 Å². The standard InChI is InChI=1S/C31H48O3S2/c1-27(2,3)21-15-19(16-22(25(21)32)28(4,5)6)35-31(13,14)36-20-17-23(29(7,8)9)26(34-33)24(18-20)30(10,11)12/h15-18,32-33H,1-14H3. The molecule has 2 N–H and O–H groups in total. The molecule has 0 heterocycles. The Kier molecular flexibility index (Phi) is 8.68. The molecule has 0 bridgehead atoms. The predicted octanol–water partition coefficient (Wildman–Crippen LogP) is 10.1. The van der Waals surface area contributed by atoms with Gasteiger partial charge < -0.3 is 9.99 Å². The Bertz CT molecular complexity index is 1020. The number of phenols is 1. The van der Waals surface area contributed by atoms with Gasteiger partial charge >= 0.3 is 0 Å². The molecule has 2 aromatic rings. The summed E-state index contributed by atoms with van der Waals surface area (Å²) in [5, 5.41) is 21.0. The van der Waals surface area contributed by atoms with Crippen LogP contribution >= 0.6 is 23.5 Å². The number of phenolic OH excluding ortho intramolecular Hbond substituents is 1. The van der Waals surface area contributed by atoms with E-state index in [1.807, 2.05) is 23.5 Å². The van der Waals surface area contributed by atoms with Gasteiger partial charge in [-0.05, 0) is 59.8 Å². The van der Waals surface area contributed by atoms with Crippen LogP contribution in [0.5, 0.6) is 11.5 Å². The lowest BCUT2D eigenvalue weighted by molar-refractivity contribution is -0.140. The molecule has 0 atom stereocenters. The quantitative estimate of drug-likeness (QED) is 0.174. The molecule has 5 heteroatoms. The van der Waals surface area contributed by atoms with Crippen LogP contribution in [0.1, 0.15) is 119 Å². The third-order valence-electron chi connectivity index (χ3n) is 6.20. The van der Waals surface area contributed by atoms with Crippen LogP contribution in [0.25, 0.3) is 0 Å². The highest BCUT2D eigenvalue weighted by Gasteiger charge is 2.32. The first-order valence-corrected chi connectivity index (χ1v) is 14.4. The summed E-state index contributed by atoms with van der Waals surface area (Å²) in [6, 6.07) is 8.63. The second-order valence-electron chi connectivity index (χ2n) is 14.4. The molecule has 0 fully saturated rings. The summed E-state index contributed by atoms with van der Waals surface area (Å²) in [7, 11) is 0. The maximum atomic E-state index is 11.1. The summed E-state index contributed by atoms with van der Waals surface area (Å²) in [4.78, 5) is 7.28. The van der Waals surface area contributed by atoms with E-state index in [-0.39, 0.29) is 25.7 Å². The molecule has 36 heavy (non-hydrogen) atoms. The summed E-state index contributed by atoms with van der Waals surface area (Å²) < 4.78 is -0.187. The van der Waals surface area contributed by atoms with Crippen LogP contribution < -0.4 is 4.89 Å². The third kappa shape index (κ3) is 7.39. The minimum Gasteiger partial charge on any atom is -0.507 e. The molecule has 2 rings (SSSR count). The van der Waals surface area contributed by atoms with Crippen LogP contribution in [-0.4, -0.2) is 14.4 Å². The van der Waals surface area contributed by atoms with Gasteiger partial charge in [-0.15, -0.1) is 23.5 Å². The van der Waals surface area contributed by atoms with E-state index in [1.54, 1.807) is 0 Å². The van der Waals surface area contributed by atoms with Crippen LogP contribution in [0.15, 0.2) is 34.1 Å². The van der Waals surface area contributed by atoms with Gasteiger partial charge in [-0.25, -0.2) is 5.26 Å². The average Bonchev–Trinajstić information content (AvgIpc) is 2.64. The lowest BCUT2D eigenvalue weighted by Crippen LogP contribution is -2.20. The summed E-state index contributed by atoms with van der Waals surface area (Å²) in [6.45, 7) is 30.2. The fourth-order valence-corrected chi connectivity index (χ4v) is 6.86. The van der Waals surface area contributed by atoms with Gasteiger partial charge in [-0.2, -0.15) is 0 Å². The van der Waals surface area contributed by atoms with Crippen molar-refractivity contribution in [2.45, 2.75) is 132 Å². The molecule has 0 spiro atoms. The molecule has 0 amide bonds. The zero-order valence-corrected chi connectivity index (χ0v) is 26.6. The molecular weight excluding hydrogens is 484 g/mol. The van der Waals surface area contributed by atoms with Crippen molar-refractivity contribution in [3.8, 4) is 11.5 Å². The minimum atomic E-state index is -0.188. The predicted molar refractivity (Wildman–Crippen MR) is 158 cm³/mol. The molecule has 0 saturated carbocycles. The number of thioether (sulfide) groups is 2. The molecule has 0 saturated heterocycles. The third-order valence-corrected chi connectivity index (χ3v) is 8.62. The Balaban J connectivity index is 2.59. The van der Waals surface area contributed by atoms with Crippen LogP contribution in [0.2, 0.25) is 0 Å². The molecule has 0 aromatic heterocycles. The van der Waals surface area contributed by atoms with Crippen molar-refractivity contribution in [2.75, 3.05) is 0 Å². The van der Waals surface area contributed by atoms with Gasteiger partial charge in [0.25, 0.3) is 0 Å². The number of rotatable bonds is 5.